The lowest BCUT2D eigenvalue weighted by molar-refractivity contribution is 0.104. The molecule has 2 aromatic heterocycles. The van der Waals surface area contributed by atoms with Gasteiger partial charge in [0.25, 0.3) is 0 Å². The Morgan fingerprint density at radius 3 is 2.76 bits per heavy atom. The van der Waals surface area contributed by atoms with Crippen molar-refractivity contribution >= 4 is 44.1 Å². The molecule has 0 amide bonds. The maximum Gasteiger partial charge on any atom is 0.419 e. The summed E-state index contributed by atoms with van der Waals surface area (Å²) in [5, 5.41) is 0. The van der Waals surface area contributed by atoms with Crippen LogP contribution in [0.15, 0.2) is 37.3 Å². The Morgan fingerprint density at radius 2 is 2.14 bits per heavy atom. The van der Waals surface area contributed by atoms with E-state index in [0.29, 0.717) is 28.1 Å². The number of fused-ring (bicyclic) bond motifs is 1. The van der Waals surface area contributed by atoms with Gasteiger partial charge in [-0.15, -0.1) is 11.3 Å². The fourth-order valence-electron chi connectivity index (χ4n) is 2.22. The highest BCUT2D eigenvalue weighted by Crippen LogP contribution is 2.29. The summed E-state index contributed by atoms with van der Waals surface area (Å²) in [7, 11) is 0. The molecule has 0 atom stereocenters. The van der Waals surface area contributed by atoms with E-state index in [1.807, 2.05) is 19.9 Å². The first kappa shape index (κ1) is 14.3. The molecule has 2 heterocycles. The maximum atomic E-state index is 12.5. The van der Waals surface area contributed by atoms with Crippen molar-refractivity contribution in [2.75, 3.05) is 0 Å². The first-order valence-electron chi connectivity index (χ1n) is 6.45. The van der Waals surface area contributed by atoms with E-state index in [1.54, 1.807) is 18.2 Å². The van der Waals surface area contributed by atoms with Crippen molar-refractivity contribution in [1.29, 1.82) is 0 Å². The van der Waals surface area contributed by atoms with Crippen molar-refractivity contribution in [3.63, 3.8) is 0 Å². The zero-order chi connectivity index (χ0) is 15.1. The molecule has 0 aliphatic carbocycles. The van der Waals surface area contributed by atoms with Crippen molar-refractivity contribution in [2.45, 2.75) is 20.4 Å². The van der Waals surface area contributed by atoms with Gasteiger partial charge in [-0.05, 0) is 59.6 Å². The van der Waals surface area contributed by atoms with Crippen molar-refractivity contribution < 1.29 is 9.21 Å². The molecule has 0 N–H and O–H groups in total. The number of benzene rings is 1. The summed E-state index contributed by atoms with van der Waals surface area (Å²) in [4.78, 5) is 24.8. The normalized spacial score (nSPS) is 11.2. The van der Waals surface area contributed by atoms with Crippen molar-refractivity contribution in [1.82, 2.24) is 4.57 Å². The van der Waals surface area contributed by atoms with Gasteiger partial charge in [0.2, 0.25) is 5.78 Å². The molecule has 0 radical (unpaired) electrons. The number of carbonyl (C=O) groups is 1. The molecule has 1 aromatic carbocycles. The summed E-state index contributed by atoms with van der Waals surface area (Å²) >= 11 is 4.83. The van der Waals surface area contributed by atoms with E-state index in [4.69, 9.17) is 4.42 Å². The Labute approximate surface area is 133 Å². The minimum atomic E-state index is -0.396. The molecule has 108 valence electrons. The number of ketones is 1. The molecule has 0 unspecified atom stereocenters. The third-order valence-electron chi connectivity index (χ3n) is 3.33. The van der Waals surface area contributed by atoms with Crippen molar-refractivity contribution in [3.05, 3.63) is 54.6 Å². The second kappa shape index (κ2) is 5.27. The van der Waals surface area contributed by atoms with Crippen molar-refractivity contribution in [2.24, 2.45) is 0 Å². The lowest BCUT2D eigenvalue weighted by Gasteiger charge is -1.99. The molecule has 4 nitrogen and oxygen atoms in total. The molecule has 0 aliphatic heterocycles. The summed E-state index contributed by atoms with van der Waals surface area (Å²) in [6.45, 7) is 4.36. The molecule has 3 aromatic rings. The zero-order valence-corrected chi connectivity index (χ0v) is 13.9. The second-order valence-corrected chi connectivity index (χ2v) is 7.06. The van der Waals surface area contributed by atoms with Gasteiger partial charge < -0.3 is 4.42 Å². The largest absolute Gasteiger partial charge is 0.419 e. The van der Waals surface area contributed by atoms with E-state index in [1.165, 1.54) is 15.9 Å². The Balaban J connectivity index is 2.09. The number of carbonyl (C=O) groups excluding carboxylic acids is 1. The smallest absolute Gasteiger partial charge is 0.408 e. The SMILES string of the molecule is CCn1c(=O)oc2cc(C(=O)c3cc(C)c(Br)s3)ccc21. The number of thiophene rings is 1. The van der Waals surface area contributed by atoms with Gasteiger partial charge in [0.1, 0.15) is 0 Å². The van der Waals surface area contributed by atoms with Crippen LogP contribution in [0.2, 0.25) is 0 Å². The summed E-state index contributed by atoms with van der Waals surface area (Å²) in [6.07, 6.45) is 0. The van der Waals surface area contributed by atoms with Gasteiger partial charge in [-0.25, -0.2) is 4.79 Å². The van der Waals surface area contributed by atoms with Crippen molar-refractivity contribution in [3.8, 4) is 0 Å². The van der Waals surface area contributed by atoms with Gasteiger partial charge in [0, 0.05) is 12.1 Å². The average molecular weight is 366 g/mol. The molecule has 0 saturated carbocycles. The molecule has 3 rings (SSSR count). The molecule has 0 bridgehead atoms. The number of oxazole rings is 1. The molecule has 0 spiro atoms. The molecule has 6 heteroatoms. The number of halogens is 1. The number of aryl methyl sites for hydroxylation is 2. The fourth-order valence-corrected chi connectivity index (χ4v) is 3.72. The second-order valence-electron chi connectivity index (χ2n) is 4.69. The van der Waals surface area contributed by atoms with Crippen LogP contribution in [0, 0.1) is 6.92 Å². The van der Waals surface area contributed by atoms with Crippen LogP contribution in [0.1, 0.15) is 27.7 Å². The topological polar surface area (TPSA) is 52.2 Å². The molecule has 0 saturated heterocycles. The highest BCUT2D eigenvalue weighted by atomic mass is 79.9. The molecule has 0 fully saturated rings. The summed E-state index contributed by atoms with van der Waals surface area (Å²) in [5.74, 6) is -0.464. The third-order valence-corrected chi connectivity index (χ3v) is 5.46. The lowest BCUT2D eigenvalue weighted by atomic mass is 10.1. The Bertz CT molecular complexity index is 884. The van der Waals surface area contributed by atoms with E-state index >= 15 is 0 Å². The van der Waals surface area contributed by atoms with Crippen LogP contribution in [0.4, 0.5) is 0 Å². The van der Waals surface area contributed by atoms with Gasteiger partial charge in [-0.2, -0.15) is 0 Å². The van der Waals surface area contributed by atoms with E-state index < -0.39 is 5.76 Å². The predicted octanol–water partition coefficient (Wildman–Crippen LogP) is 3.98. The Morgan fingerprint density at radius 1 is 1.38 bits per heavy atom. The van der Waals surface area contributed by atoms with E-state index in [-0.39, 0.29) is 5.78 Å². The highest BCUT2D eigenvalue weighted by Gasteiger charge is 2.16. The van der Waals surface area contributed by atoms with Crippen LogP contribution >= 0.6 is 27.3 Å². The van der Waals surface area contributed by atoms with Gasteiger partial charge in [0.15, 0.2) is 5.58 Å². The van der Waals surface area contributed by atoms with Gasteiger partial charge in [-0.1, -0.05) is 0 Å². The Hall–Kier alpha value is -1.66. The van der Waals surface area contributed by atoms with Crippen LogP contribution in [0.25, 0.3) is 11.1 Å². The first-order chi connectivity index (χ1) is 10.0. The van der Waals surface area contributed by atoms with Gasteiger partial charge in [0.05, 0.1) is 14.2 Å². The first-order valence-corrected chi connectivity index (χ1v) is 8.06. The van der Waals surface area contributed by atoms with Crippen LogP contribution < -0.4 is 5.76 Å². The predicted molar refractivity (Wildman–Crippen MR) is 86.3 cm³/mol. The van der Waals surface area contributed by atoms with E-state index in [2.05, 4.69) is 15.9 Å². The third kappa shape index (κ3) is 2.38. The minimum absolute atomic E-state index is 0.0670. The molecular formula is C15H12BrNO3S. The van der Waals surface area contributed by atoms with E-state index in [0.717, 1.165) is 9.35 Å². The molecule has 0 aliphatic rings. The summed E-state index contributed by atoms with van der Waals surface area (Å²) in [5.41, 5.74) is 2.71. The number of hydrogen-bond acceptors (Lipinski definition) is 4. The average Bonchev–Trinajstić information content (AvgIpc) is 2.96. The lowest BCUT2D eigenvalue weighted by Crippen LogP contribution is -2.11. The highest BCUT2D eigenvalue weighted by molar-refractivity contribution is 9.11. The molecular weight excluding hydrogens is 354 g/mol. The van der Waals surface area contributed by atoms with E-state index in [9.17, 15) is 9.59 Å². The summed E-state index contributed by atoms with van der Waals surface area (Å²) in [6, 6.07) is 6.98. The number of hydrogen-bond donors (Lipinski definition) is 0. The zero-order valence-electron chi connectivity index (χ0n) is 11.5. The number of rotatable bonds is 3. The number of nitrogens with zero attached hydrogens (tertiary/aromatic N) is 1. The van der Waals surface area contributed by atoms with Crippen LogP contribution in [-0.2, 0) is 6.54 Å². The summed E-state index contributed by atoms with van der Waals surface area (Å²) < 4.78 is 7.69. The van der Waals surface area contributed by atoms with Crippen LogP contribution in [0.3, 0.4) is 0 Å². The minimum Gasteiger partial charge on any atom is -0.408 e. The van der Waals surface area contributed by atoms with Gasteiger partial charge in [-0.3, -0.25) is 9.36 Å². The standard InChI is InChI=1S/C15H12BrNO3S/c1-3-17-10-5-4-9(7-11(10)20-15(17)19)13(18)12-6-8(2)14(16)21-12/h4-7H,3H2,1-2H3. The molecule has 21 heavy (non-hydrogen) atoms. The van der Waals surface area contributed by atoms with Gasteiger partial charge >= 0.3 is 5.76 Å². The number of aromatic nitrogens is 1. The quantitative estimate of drug-likeness (QED) is 0.659. The fraction of sp³-hybridized carbons (Fsp3) is 0.200. The monoisotopic (exact) mass is 365 g/mol. The van der Waals surface area contributed by atoms with Crippen LogP contribution in [0.5, 0.6) is 0 Å². The maximum absolute atomic E-state index is 12.5. The Kier molecular flexibility index (Phi) is 3.59. The van der Waals surface area contributed by atoms with Crippen LogP contribution in [-0.4, -0.2) is 10.4 Å².